The summed E-state index contributed by atoms with van der Waals surface area (Å²) in [4.78, 5) is 28.4. The van der Waals surface area contributed by atoms with Gasteiger partial charge in [0.1, 0.15) is 0 Å². The Balaban J connectivity index is 1.52. The summed E-state index contributed by atoms with van der Waals surface area (Å²) < 4.78 is 0. The fraction of sp³-hybridized carbons (Fsp3) is 0.409. The maximum atomic E-state index is 13.1. The molecule has 2 heterocycles. The number of nitro groups is 1. The van der Waals surface area contributed by atoms with Crippen molar-refractivity contribution in [3.63, 3.8) is 0 Å². The molecule has 0 aromatic heterocycles. The van der Waals surface area contributed by atoms with Crippen LogP contribution in [-0.4, -0.2) is 55.0 Å². The van der Waals surface area contributed by atoms with Crippen molar-refractivity contribution in [2.45, 2.75) is 18.9 Å². The van der Waals surface area contributed by atoms with E-state index in [9.17, 15) is 14.9 Å². The third-order valence-corrected chi connectivity index (χ3v) is 6.00. The molecule has 1 saturated heterocycles. The lowest BCUT2D eigenvalue weighted by atomic mass is 9.83. The van der Waals surface area contributed by atoms with Crippen LogP contribution < -0.4 is 10.2 Å². The summed E-state index contributed by atoms with van der Waals surface area (Å²) in [5, 5.41) is 14.3. The highest BCUT2D eigenvalue weighted by Crippen LogP contribution is 2.37. The molecule has 2 aliphatic heterocycles. The highest BCUT2D eigenvalue weighted by molar-refractivity contribution is 5.82. The number of fused-ring (bicyclic) bond motifs is 3. The van der Waals surface area contributed by atoms with E-state index in [-0.39, 0.29) is 28.5 Å². The molecule has 1 N–H and O–H groups in total. The van der Waals surface area contributed by atoms with E-state index in [4.69, 9.17) is 0 Å². The first-order valence-corrected chi connectivity index (χ1v) is 10.1. The number of carbonyl (C=O) groups excluding carboxylic acids is 1. The zero-order valence-electron chi connectivity index (χ0n) is 16.6. The zero-order chi connectivity index (χ0) is 20.4. The minimum atomic E-state index is -0.370. The fourth-order valence-corrected chi connectivity index (χ4v) is 4.47. The van der Waals surface area contributed by atoms with E-state index in [1.165, 1.54) is 5.56 Å². The van der Waals surface area contributed by atoms with Crippen LogP contribution in [0.3, 0.4) is 0 Å². The van der Waals surface area contributed by atoms with Crippen LogP contribution in [0, 0.1) is 16.0 Å². The van der Waals surface area contributed by atoms with Crippen LogP contribution in [0.4, 0.5) is 11.4 Å². The van der Waals surface area contributed by atoms with Gasteiger partial charge >= 0.3 is 0 Å². The van der Waals surface area contributed by atoms with Crippen molar-refractivity contribution < 1.29 is 9.72 Å². The quantitative estimate of drug-likeness (QED) is 0.622. The Kier molecular flexibility index (Phi) is 5.49. The number of hydrogen-bond donors (Lipinski definition) is 1. The van der Waals surface area contributed by atoms with Gasteiger partial charge in [-0.25, -0.2) is 0 Å². The molecule has 0 unspecified atom stereocenters. The Morgan fingerprint density at radius 1 is 1.21 bits per heavy atom. The molecule has 2 aliphatic rings. The topological polar surface area (TPSA) is 78.7 Å². The third-order valence-electron chi connectivity index (χ3n) is 6.00. The van der Waals surface area contributed by atoms with Crippen LogP contribution in [0.25, 0.3) is 0 Å². The maximum absolute atomic E-state index is 13.1. The van der Waals surface area contributed by atoms with Gasteiger partial charge in [0.25, 0.3) is 5.69 Å². The summed E-state index contributed by atoms with van der Waals surface area (Å²) in [5.74, 6) is -0.189. The van der Waals surface area contributed by atoms with Gasteiger partial charge in [-0.3, -0.25) is 14.9 Å². The van der Waals surface area contributed by atoms with E-state index in [2.05, 4.69) is 34.3 Å². The smallest absolute Gasteiger partial charge is 0.269 e. The number of hydrogen-bond acceptors (Lipinski definition) is 5. The Hall–Kier alpha value is -2.93. The van der Waals surface area contributed by atoms with E-state index in [0.29, 0.717) is 13.0 Å². The minimum Gasteiger partial charge on any atom is -0.365 e. The molecule has 2 aromatic rings. The normalized spacial score (nSPS) is 21.2. The molecular weight excluding hydrogens is 368 g/mol. The van der Waals surface area contributed by atoms with E-state index in [1.807, 2.05) is 24.3 Å². The van der Waals surface area contributed by atoms with Crippen molar-refractivity contribution in [1.82, 2.24) is 10.2 Å². The van der Waals surface area contributed by atoms with Gasteiger partial charge in [0.15, 0.2) is 0 Å². The Labute approximate surface area is 170 Å². The van der Waals surface area contributed by atoms with Crippen molar-refractivity contribution in [3.8, 4) is 0 Å². The number of nitrogens with one attached hydrogen (secondary N) is 1. The van der Waals surface area contributed by atoms with Crippen LogP contribution in [0.1, 0.15) is 11.1 Å². The largest absolute Gasteiger partial charge is 0.365 e. The number of benzene rings is 2. The standard InChI is InChI=1S/C22H26N4O3/c1-24-11-12-25-20-8-7-18(26(28)29)13-17(20)14-19(21(25)15-24)22(27)23-10-9-16-5-3-2-4-6-16/h2-8,13,19,21H,9-12,14-15H2,1H3,(H,23,27)/t19-,21-/m1/s1. The van der Waals surface area contributed by atoms with Crippen LogP contribution >= 0.6 is 0 Å². The number of likely N-dealkylation sites (N-methyl/N-ethyl adjacent to an activating group) is 1. The first-order chi connectivity index (χ1) is 14.0. The summed E-state index contributed by atoms with van der Waals surface area (Å²) >= 11 is 0. The fourth-order valence-electron chi connectivity index (χ4n) is 4.47. The predicted molar refractivity (Wildman–Crippen MR) is 112 cm³/mol. The summed E-state index contributed by atoms with van der Waals surface area (Å²) in [6.07, 6.45) is 1.32. The second kappa shape index (κ2) is 8.21. The van der Waals surface area contributed by atoms with Crippen molar-refractivity contribution in [2.75, 3.05) is 38.1 Å². The van der Waals surface area contributed by atoms with Crippen LogP contribution in [0.5, 0.6) is 0 Å². The highest BCUT2D eigenvalue weighted by Gasteiger charge is 2.41. The average molecular weight is 394 g/mol. The summed E-state index contributed by atoms with van der Waals surface area (Å²) in [6, 6.07) is 15.2. The molecule has 0 radical (unpaired) electrons. The molecule has 0 bridgehead atoms. The van der Waals surface area contributed by atoms with Crippen LogP contribution in [0.2, 0.25) is 0 Å². The van der Waals surface area contributed by atoms with E-state index < -0.39 is 0 Å². The Morgan fingerprint density at radius 2 is 2.00 bits per heavy atom. The van der Waals surface area contributed by atoms with Gasteiger partial charge in [0, 0.05) is 44.0 Å². The van der Waals surface area contributed by atoms with E-state index in [0.717, 1.165) is 37.3 Å². The van der Waals surface area contributed by atoms with Crippen molar-refractivity contribution >= 4 is 17.3 Å². The Bertz CT molecular complexity index is 902. The summed E-state index contributed by atoms with van der Waals surface area (Å²) in [6.45, 7) is 3.13. The van der Waals surface area contributed by atoms with Gasteiger partial charge in [-0.05, 0) is 37.1 Å². The predicted octanol–water partition coefficient (Wildman–Crippen LogP) is 2.25. The monoisotopic (exact) mass is 394 g/mol. The summed E-state index contributed by atoms with van der Waals surface area (Å²) in [7, 11) is 2.08. The van der Waals surface area contributed by atoms with Gasteiger partial charge < -0.3 is 15.1 Å². The van der Waals surface area contributed by atoms with Gasteiger partial charge in [-0.2, -0.15) is 0 Å². The summed E-state index contributed by atoms with van der Waals surface area (Å²) in [5.41, 5.74) is 3.20. The van der Waals surface area contributed by atoms with Gasteiger partial charge in [-0.1, -0.05) is 30.3 Å². The molecule has 4 rings (SSSR count). The number of nitrogens with zero attached hydrogens (tertiary/aromatic N) is 3. The van der Waals surface area contributed by atoms with Crippen molar-refractivity contribution in [1.29, 1.82) is 0 Å². The van der Waals surface area contributed by atoms with Gasteiger partial charge in [-0.15, -0.1) is 0 Å². The number of rotatable bonds is 5. The van der Waals surface area contributed by atoms with Gasteiger partial charge in [0.2, 0.25) is 5.91 Å². The molecule has 7 heteroatoms. The first-order valence-electron chi connectivity index (χ1n) is 10.1. The zero-order valence-corrected chi connectivity index (χ0v) is 16.6. The molecule has 152 valence electrons. The Morgan fingerprint density at radius 3 is 2.76 bits per heavy atom. The van der Waals surface area contributed by atoms with Gasteiger partial charge in [0.05, 0.1) is 16.9 Å². The molecule has 0 spiro atoms. The van der Waals surface area contributed by atoms with E-state index in [1.54, 1.807) is 12.1 Å². The number of piperazine rings is 1. The van der Waals surface area contributed by atoms with E-state index >= 15 is 0 Å². The maximum Gasteiger partial charge on any atom is 0.269 e. The lowest BCUT2D eigenvalue weighted by molar-refractivity contribution is -0.384. The third kappa shape index (κ3) is 4.10. The molecule has 2 aromatic carbocycles. The van der Waals surface area contributed by atoms with Crippen LogP contribution in [-0.2, 0) is 17.6 Å². The second-order valence-corrected chi connectivity index (χ2v) is 7.93. The molecular formula is C22H26N4O3. The second-order valence-electron chi connectivity index (χ2n) is 7.93. The molecule has 0 aliphatic carbocycles. The number of carbonyl (C=O) groups is 1. The van der Waals surface area contributed by atoms with Crippen molar-refractivity contribution in [3.05, 3.63) is 69.8 Å². The lowest BCUT2D eigenvalue weighted by Crippen LogP contribution is -2.60. The number of nitro benzene ring substituents is 1. The SMILES string of the molecule is CN1CCN2c3ccc([N+](=O)[O-])cc3C[C@@H](C(=O)NCCc3ccccc3)[C@H]2C1. The minimum absolute atomic E-state index is 0.0309. The number of anilines is 1. The molecule has 2 atom stereocenters. The number of non-ortho nitro benzene ring substituents is 1. The highest BCUT2D eigenvalue weighted by atomic mass is 16.6. The number of amides is 1. The molecule has 29 heavy (non-hydrogen) atoms. The van der Waals surface area contributed by atoms with Crippen LogP contribution in [0.15, 0.2) is 48.5 Å². The lowest BCUT2D eigenvalue weighted by Gasteiger charge is -2.48. The van der Waals surface area contributed by atoms with Crippen molar-refractivity contribution in [2.24, 2.45) is 5.92 Å². The molecule has 0 saturated carbocycles. The first kappa shape index (κ1) is 19.4. The molecule has 1 amide bonds. The molecule has 1 fully saturated rings. The average Bonchev–Trinajstić information content (AvgIpc) is 2.73. The molecule has 7 nitrogen and oxygen atoms in total.